The first-order valence-electron chi connectivity index (χ1n) is 4.63. The van der Waals surface area contributed by atoms with Crippen molar-refractivity contribution in [2.75, 3.05) is 27.8 Å². The number of benzene rings is 1. The van der Waals surface area contributed by atoms with Gasteiger partial charge in [0.2, 0.25) is 0 Å². The van der Waals surface area contributed by atoms with Gasteiger partial charge in [0, 0.05) is 19.2 Å². The number of hydrogen-bond acceptors (Lipinski definition) is 3. The summed E-state index contributed by atoms with van der Waals surface area (Å²) in [6.45, 7) is 0.775. The van der Waals surface area contributed by atoms with Gasteiger partial charge in [0.15, 0.2) is 0 Å². The summed E-state index contributed by atoms with van der Waals surface area (Å²) >= 11 is 0. The molecule has 78 valence electrons. The molecule has 0 saturated carbocycles. The second kappa shape index (κ2) is 5.62. The van der Waals surface area contributed by atoms with Crippen LogP contribution in [-0.4, -0.2) is 27.8 Å². The lowest BCUT2D eigenvalue weighted by Crippen LogP contribution is -2.19. The molecule has 0 aromatic heterocycles. The first-order valence-corrected chi connectivity index (χ1v) is 4.63. The average Bonchev–Trinajstić information content (AvgIpc) is 2.26. The summed E-state index contributed by atoms with van der Waals surface area (Å²) in [5, 5.41) is 3.09. The zero-order chi connectivity index (χ0) is 10.4. The molecule has 0 aliphatic heterocycles. The highest BCUT2D eigenvalue weighted by Gasteiger charge is 2.13. The lowest BCUT2D eigenvalue weighted by atomic mass is 10.1. The number of ether oxygens (including phenoxy) is 2. The number of nitrogens with one attached hydrogen (secondary N) is 1. The van der Waals surface area contributed by atoms with Crippen LogP contribution in [0.2, 0.25) is 0 Å². The van der Waals surface area contributed by atoms with Crippen LogP contribution in [0, 0.1) is 0 Å². The molecule has 0 radical (unpaired) electrons. The molecular formula is C11H17NO2. The van der Waals surface area contributed by atoms with Crippen LogP contribution in [0.15, 0.2) is 24.3 Å². The number of methoxy groups -OCH3 is 2. The number of likely N-dealkylation sites (N-methyl/N-ethyl adjacent to an activating group) is 1. The SMILES string of the molecule is CNC[C@@H](OC)c1ccccc1OC. The van der Waals surface area contributed by atoms with Crippen LogP contribution < -0.4 is 10.1 Å². The van der Waals surface area contributed by atoms with Gasteiger partial charge in [-0.1, -0.05) is 18.2 Å². The Hall–Kier alpha value is -1.06. The van der Waals surface area contributed by atoms with Gasteiger partial charge in [-0.3, -0.25) is 0 Å². The maximum absolute atomic E-state index is 5.38. The van der Waals surface area contributed by atoms with E-state index in [1.54, 1.807) is 14.2 Å². The molecule has 3 heteroatoms. The Balaban J connectivity index is 2.90. The van der Waals surface area contributed by atoms with Gasteiger partial charge in [-0.15, -0.1) is 0 Å². The minimum absolute atomic E-state index is 0.0381. The number of para-hydroxylation sites is 1. The standard InChI is InChI=1S/C11H17NO2/c1-12-8-11(14-3)9-6-4-5-7-10(9)13-2/h4-7,11-12H,8H2,1-3H3/t11-/m1/s1. The molecule has 1 aromatic carbocycles. The van der Waals surface area contributed by atoms with Crippen LogP contribution in [0.1, 0.15) is 11.7 Å². The van der Waals surface area contributed by atoms with Crippen LogP contribution in [0.3, 0.4) is 0 Å². The molecule has 1 atom stereocenters. The van der Waals surface area contributed by atoms with Crippen molar-refractivity contribution in [2.45, 2.75) is 6.10 Å². The van der Waals surface area contributed by atoms with E-state index >= 15 is 0 Å². The minimum Gasteiger partial charge on any atom is -0.496 e. The molecule has 14 heavy (non-hydrogen) atoms. The fourth-order valence-corrected chi connectivity index (χ4v) is 1.44. The van der Waals surface area contributed by atoms with Crippen molar-refractivity contribution in [2.24, 2.45) is 0 Å². The summed E-state index contributed by atoms with van der Waals surface area (Å²) in [7, 11) is 5.28. The Morgan fingerprint density at radius 3 is 2.57 bits per heavy atom. The zero-order valence-corrected chi connectivity index (χ0v) is 8.91. The second-order valence-electron chi connectivity index (χ2n) is 3.02. The highest BCUT2D eigenvalue weighted by Crippen LogP contribution is 2.26. The number of rotatable bonds is 5. The fraction of sp³-hybridized carbons (Fsp3) is 0.455. The van der Waals surface area contributed by atoms with Crippen molar-refractivity contribution < 1.29 is 9.47 Å². The van der Waals surface area contributed by atoms with Gasteiger partial charge in [0.1, 0.15) is 5.75 Å². The van der Waals surface area contributed by atoms with E-state index in [0.717, 1.165) is 17.9 Å². The second-order valence-corrected chi connectivity index (χ2v) is 3.02. The smallest absolute Gasteiger partial charge is 0.124 e. The monoisotopic (exact) mass is 195 g/mol. The summed E-state index contributed by atoms with van der Waals surface area (Å²) < 4.78 is 10.6. The third kappa shape index (κ3) is 2.47. The van der Waals surface area contributed by atoms with Crippen molar-refractivity contribution >= 4 is 0 Å². The van der Waals surface area contributed by atoms with Gasteiger partial charge in [0.25, 0.3) is 0 Å². The van der Waals surface area contributed by atoms with Gasteiger partial charge in [-0.2, -0.15) is 0 Å². The predicted octanol–water partition coefficient (Wildman–Crippen LogP) is 1.60. The molecule has 1 rings (SSSR count). The van der Waals surface area contributed by atoms with E-state index in [9.17, 15) is 0 Å². The van der Waals surface area contributed by atoms with E-state index in [1.165, 1.54) is 0 Å². The summed E-state index contributed by atoms with van der Waals surface area (Å²) in [4.78, 5) is 0. The topological polar surface area (TPSA) is 30.5 Å². The van der Waals surface area contributed by atoms with Crippen LogP contribution in [-0.2, 0) is 4.74 Å². The molecule has 1 N–H and O–H groups in total. The Bertz CT molecular complexity index is 276. The molecule has 0 heterocycles. The Morgan fingerprint density at radius 2 is 2.00 bits per heavy atom. The fourth-order valence-electron chi connectivity index (χ4n) is 1.44. The van der Waals surface area contributed by atoms with Crippen molar-refractivity contribution in [3.63, 3.8) is 0 Å². The van der Waals surface area contributed by atoms with E-state index < -0.39 is 0 Å². The summed E-state index contributed by atoms with van der Waals surface area (Å²) in [5.41, 5.74) is 1.08. The molecule has 0 spiro atoms. The molecule has 3 nitrogen and oxygen atoms in total. The first-order chi connectivity index (χ1) is 6.83. The Kier molecular flexibility index (Phi) is 4.43. The van der Waals surface area contributed by atoms with Crippen molar-refractivity contribution in [1.82, 2.24) is 5.32 Å². The maximum Gasteiger partial charge on any atom is 0.124 e. The van der Waals surface area contributed by atoms with Crippen molar-refractivity contribution in [3.8, 4) is 5.75 Å². The molecular weight excluding hydrogens is 178 g/mol. The molecule has 0 saturated heterocycles. The van der Waals surface area contributed by atoms with E-state index in [-0.39, 0.29) is 6.10 Å². The quantitative estimate of drug-likeness (QED) is 0.774. The van der Waals surface area contributed by atoms with Gasteiger partial charge >= 0.3 is 0 Å². The lowest BCUT2D eigenvalue weighted by molar-refractivity contribution is 0.102. The van der Waals surface area contributed by atoms with Gasteiger partial charge in [0.05, 0.1) is 13.2 Å². The highest BCUT2D eigenvalue weighted by atomic mass is 16.5. The lowest BCUT2D eigenvalue weighted by Gasteiger charge is -2.17. The molecule has 0 unspecified atom stereocenters. The van der Waals surface area contributed by atoms with Crippen molar-refractivity contribution in [3.05, 3.63) is 29.8 Å². The van der Waals surface area contributed by atoms with E-state index in [1.807, 2.05) is 31.3 Å². The third-order valence-electron chi connectivity index (χ3n) is 2.16. The van der Waals surface area contributed by atoms with Crippen LogP contribution in [0.25, 0.3) is 0 Å². The molecule has 0 amide bonds. The molecule has 0 aliphatic rings. The van der Waals surface area contributed by atoms with Crippen LogP contribution in [0.5, 0.6) is 5.75 Å². The minimum atomic E-state index is 0.0381. The van der Waals surface area contributed by atoms with Gasteiger partial charge in [-0.25, -0.2) is 0 Å². The molecule has 0 aliphatic carbocycles. The molecule has 0 bridgehead atoms. The van der Waals surface area contributed by atoms with Crippen LogP contribution in [0.4, 0.5) is 0 Å². The van der Waals surface area contributed by atoms with Gasteiger partial charge < -0.3 is 14.8 Å². The third-order valence-corrected chi connectivity index (χ3v) is 2.16. The summed E-state index contributed by atoms with van der Waals surface area (Å²) in [5.74, 6) is 0.870. The highest BCUT2D eigenvalue weighted by molar-refractivity contribution is 5.35. The van der Waals surface area contributed by atoms with E-state index in [2.05, 4.69) is 5.32 Å². The van der Waals surface area contributed by atoms with E-state index in [4.69, 9.17) is 9.47 Å². The average molecular weight is 195 g/mol. The predicted molar refractivity (Wildman–Crippen MR) is 56.7 cm³/mol. The largest absolute Gasteiger partial charge is 0.496 e. The zero-order valence-electron chi connectivity index (χ0n) is 8.91. The Labute approximate surface area is 85.0 Å². The van der Waals surface area contributed by atoms with Gasteiger partial charge in [-0.05, 0) is 13.1 Å². The molecule has 1 aromatic rings. The molecule has 0 fully saturated rings. The van der Waals surface area contributed by atoms with E-state index in [0.29, 0.717) is 0 Å². The summed E-state index contributed by atoms with van der Waals surface area (Å²) in [6, 6.07) is 7.90. The maximum atomic E-state index is 5.38. The first kappa shape index (κ1) is 11.0. The number of hydrogen-bond donors (Lipinski definition) is 1. The normalized spacial score (nSPS) is 12.5. The van der Waals surface area contributed by atoms with Crippen LogP contribution >= 0.6 is 0 Å². The summed E-state index contributed by atoms with van der Waals surface area (Å²) in [6.07, 6.45) is 0.0381. The Morgan fingerprint density at radius 1 is 1.29 bits per heavy atom. The van der Waals surface area contributed by atoms with Crippen molar-refractivity contribution in [1.29, 1.82) is 0 Å².